The van der Waals surface area contributed by atoms with Gasteiger partial charge in [0.2, 0.25) is 0 Å². The van der Waals surface area contributed by atoms with Gasteiger partial charge in [0.05, 0.1) is 0 Å². The molecule has 2 atom stereocenters. The van der Waals surface area contributed by atoms with Gasteiger partial charge >= 0.3 is 0 Å². The van der Waals surface area contributed by atoms with E-state index in [9.17, 15) is 0 Å². The van der Waals surface area contributed by atoms with Crippen molar-refractivity contribution in [2.24, 2.45) is 11.8 Å². The average molecular weight is 242 g/mol. The van der Waals surface area contributed by atoms with E-state index in [-0.39, 0.29) is 0 Å². The second-order valence-electron chi connectivity index (χ2n) is 4.93. The van der Waals surface area contributed by atoms with Gasteiger partial charge in [-0.3, -0.25) is 0 Å². The largest absolute Gasteiger partial charge is 0.385 e. The van der Waals surface area contributed by atoms with Crippen LogP contribution in [0, 0.1) is 11.8 Å². The van der Waals surface area contributed by atoms with Crippen molar-refractivity contribution in [1.82, 2.24) is 10.2 Å². The van der Waals surface area contributed by atoms with Crippen molar-refractivity contribution < 1.29 is 4.74 Å². The first-order chi connectivity index (χ1) is 7.81. The average Bonchev–Trinajstić information content (AvgIpc) is 2.83. The molecule has 2 fully saturated rings. The zero-order valence-corrected chi connectivity index (χ0v) is 10.9. The predicted molar refractivity (Wildman–Crippen MR) is 69.5 cm³/mol. The summed E-state index contributed by atoms with van der Waals surface area (Å²) in [4.78, 5) is 2.36. The summed E-state index contributed by atoms with van der Waals surface area (Å²) in [5.41, 5.74) is 0. The number of ether oxygens (including phenoxy) is 1. The van der Waals surface area contributed by atoms with Gasteiger partial charge in [0.15, 0.2) is 5.11 Å². The number of hydrogen-bond donors (Lipinski definition) is 1. The molecule has 0 aromatic heterocycles. The van der Waals surface area contributed by atoms with Gasteiger partial charge < -0.3 is 15.0 Å². The van der Waals surface area contributed by atoms with Gasteiger partial charge in [0, 0.05) is 33.4 Å². The molecular formula is C12H22N2OS. The number of thiocarbonyl (C=S) groups is 1. The van der Waals surface area contributed by atoms with Gasteiger partial charge in [-0.15, -0.1) is 0 Å². The Bertz CT molecular complexity index is 235. The lowest BCUT2D eigenvalue weighted by Gasteiger charge is -2.21. The van der Waals surface area contributed by atoms with Crippen molar-refractivity contribution >= 4 is 17.3 Å². The van der Waals surface area contributed by atoms with Crippen LogP contribution in [0.1, 0.15) is 25.7 Å². The molecule has 1 aliphatic carbocycles. The maximum Gasteiger partial charge on any atom is 0.168 e. The summed E-state index contributed by atoms with van der Waals surface area (Å²) >= 11 is 5.42. The Hall–Kier alpha value is -0.350. The molecule has 4 heteroatoms. The topological polar surface area (TPSA) is 24.5 Å². The lowest BCUT2D eigenvalue weighted by molar-refractivity contribution is 0.195. The quantitative estimate of drug-likeness (QED) is 0.598. The zero-order chi connectivity index (χ0) is 11.4. The van der Waals surface area contributed by atoms with E-state index in [0.717, 1.165) is 36.5 Å². The Morgan fingerprint density at radius 1 is 1.38 bits per heavy atom. The maximum absolute atomic E-state index is 5.42. The molecule has 2 aliphatic rings. The van der Waals surface area contributed by atoms with Gasteiger partial charge in [0.25, 0.3) is 0 Å². The van der Waals surface area contributed by atoms with E-state index in [1.54, 1.807) is 7.11 Å². The number of nitrogens with zero attached hydrogens (tertiary/aromatic N) is 1. The van der Waals surface area contributed by atoms with Gasteiger partial charge in [0.1, 0.15) is 0 Å². The van der Waals surface area contributed by atoms with Crippen molar-refractivity contribution in [3.8, 4) is 0 Å². The summed E-state index contributed by atoms with van der Waals surface area (Å²) in [7, 11) is 1.74. The molecule has 1 saturated heterocycles. The third-order valence-electron chi connectivity index (χ3n) is 3.81. The Morgan fingerprint density at radius 2 is 2.06 bits per heavy atom. The van der Waals surface area contributed by atoms with E-state index in [1.165, 1.54) is 32.4 Å². The fraction of sp³-hybridized carbons (Fsp3) is 0.917. The van der Waals surface area contributed by atoms with E-state index < -0.39 is 0 Å². The molecule has 0 bridgehead atoms. The summed E-state index contributed by atoms with van der Waals surface area (Å²) in [5, 5.41) is 4.28. The molecule has 2 unspecified atom stereocenters. The first-order valence-electron chi connectivity index (χ1n) is 6.33. The minimum atomic E-state index is 0.806. The molecule has 1 heterocycles. The fourth-order valence-corrected chi connectivity index (χ4v) is 3.18. The lowest BCUT2D eigenvalue weighted by atomic mass is 10.0. The van der Waals surface area contributed by atoms with Crippen LogP contribution in [0.25, 0.3) is 0 Å². The molecular weight excluding hydrogens is 220 g/mol. The Kier molecular flexibility index (Phi) is 4.41. The molecule has 2 rings (SSSR count). The fourth-order valence-electron chi connectivity index (χ4n) is 2.92. The van der Waals surface area contributed by atoms with E-state index in [2.05, 4.69) is 10.2 Å². The highest BCUT2D eigenvalue weighted by atomic mass is 32.1. The number of likely N-dealkylation sites (tertiary alicyclic amines) is 1. The molecule has 1 saturated carbocycles. The van der Waals surface area contributed by atoms with Gasteiger partial charge in [-0.05, 0) is 43.3 Å². The van der Waals surface area contributed by atoms with Crippen LogP contribution in [0.2, 0.25) is 0 Å². The number of fused-ring (bicyclic) bond motifs is 1. The molecule has 92 valence electrons. The van der Waals surface area contributed by atoms with Crippen LogP contribution >= 0.6 is 12.2 Å². The highest BCUT2D eigenvalue weighted by Gasteiger charge is 2.36. The minimum absolute atomic E-state index is 0.806. The van der Waals surface area contributed by atoms with Crippen molar-refractivity contribution in [2.45, 2.75) is 25.7 Å². The molecule has 0 radical (unpaired) electrons. The molecule has 0 aromatic carbocycles. The maximum atomic E-state index is 5.42. The number of rotatable bonds is 4. The zero-order valence-electron chi connectivity index (χ0n) is 10.1. The van der Waals surface area contributed by atoms with Crippen molar-refractivity contribution in [3.05, 3.63) is 0 Å². The molecule has 0 aromatic rings. The smallest absolute Gasteiger partial charge is 0.168 e. The second kappa shape index (κ2) is 5.82. The third kappa shape index (κ3) is 2.86. The minimum Gasteiger partial charge on any atom is -0.385 e. The standard InChI is InChI=1S/C12H22N2OS/c1-15-7-3-6-13-12(16)14-8-10-4-2-5-11(10)9-14/h10-11H,2-9H2,1H3,(H,13,16). The molecule has 3 nitrogen and oxygen atoms in total. The van der Waals surface area contributed by atoms with Crippen LogP contribution < -0.4 is 5.32 Å². The van der Waals surface area contributed by atoms with Crippen LogP contribution in [0.5, 0.6) is 0 Å². The summed E-state index contributed by atoms with van der Waals surface area (Å²) in [6.07, 6.45) is 5.27. The number of hydrogen-bond acceptors (Lipinski definition) is 2. The number of methoxy groups -OCH3 is 1. The summed E-state index contributed by atoms with van der Waals surface area (Å²) < 4.78 is 5.01. The van der Waals surface area contributed by atoms with Crippen LogP contribution in [-0.4, -0.2) is 43.4 Å². The lowest BCUT2D eigenvalue weighted by Crippen LogP contribution is -2.39. The molecule has 1 N–H and O–H groups in total. The van der Waals surface area contributed by atoms with Crippen LogP contribution in [-0.2, 0) is 4.74 Å². The summed E-state index contributed by atoms with van der Waals surface area (Å²) in [6, 6.07) is 0. The highest BCUT2D eigenvalue weighted by molar-refractivity contribution is 7.80. The Morgan fingerprint density at radius 3 is 2.69 bits per heavy atom. The molecule has 16 heavy (non-hydrogen) atoms. The van der Waals surface area contributed by atoms with E-state index in [4.69, 9.17) is 17.0 Å². The summed E-state index contributed by atoms with van der Waals surface area (Å²) in [6.45, 7) is 4.10. The van der Waals surface area contributed by atoms with Crippen LogP contribution in [0.3, 0.4) is 0 Å². The number of nitrogens with one attached hydrogen (secondary N) is 1. The monoisotopic (exact) mass is 242 g/mol. The van der Waals surface area contributed by atoms with Crippen molar-refractivity contribution in [2.75, 3.05) is 33.4 Å². The molecule has 0 amide bonds. The SMILES string of the molecule is COCCCNC(=S)N1CC2CCCC2C1. The first kappa shape index (κ1) is 12.1. The predicted octanol–water partition coefficient (Wildman–Crippen LogP) is 1.63. The normalized spacial score (nSPS) is 28.2. The Labute approximate surface area is 104 Å². The Balaban J connectivity index is 1.66. The van der Waals surface area contributed by atoms with E-state index in [1.807, 2.05) is 0 Å². The van der Waals surface area contributed by atoms with E-state index >= 15 is 0 Å². The van der Waals surface area contributed by atoms with Crippen molar-refractivity contribution in [3.63, 3.8) is 0 Å². The molecule has 0 spiro atoms. The summed E-state index contributed by atoms with van der Waals surface area (Å²) in [5.74, 6) is 1.83. The van der Waals surface area contributed by atoms with Crippen LogP contribution in [0.15, 0.2) is 0 Å². The van der Waals surface area contributed by atoms with Crippen LogP contribution in [0.4, 0.5) is 0 Å². The van der Waals surface area contributed by atoms with Gasteiger partial charge in [-0.1, -0.05) is 6.42 Å². The van der Waals surface area contributed by atoms with Gasteiger partial charge in [-0.25, -0.2) is 0 Å². The van der Waals surface area contributed by atoms with E-state index in [0.29, 0.717) is 0 Å². The second-order valence-corrected chi connectivity index (χ2v) is 5.32. The first-order valence-corrected chi connectivity index (χ1v) is 6.74. The van der Waals surface area contributed by atoms with Gasteiger partial charge in [-0.2, -0.15) is 0 Å². The third-order valence-corrected chi connectivity index (χ3v) is 4.22. The van der Waals surface area contributed by atoms with Crippen molar-refractivity contribution in [1.29, 1.82) is 0 Å². The molecule has 1 aliphatic heterocycles. The highest BCUT2D eigenvalue weighted by Crippen LogP contribution is 2.37.